The molecule has 0 aromatic carbocycles. The van der Waals surface area contributed by atoms with Crippen LogP contribution >= 0.6 is 0 Å². The smallest absolute Gasteiger partial charge is 0.0543 e. The van der Waals surface area contributed by atoms with Gasteiger partial charge in [-0.2, -0.15) is 0 Å². The van der Waals surface area contributed by atoms with Crippen LogP contribution in [0.15, 0.2) is 24.4 Å². The highest BCUT2D eigenvalue weighted by molar-refractivity contribution is 5.04. The van der Waals surface area contributed by atoms with Gasteiger partial charge in [0.25, 0.3) is 0 Å². The van der Waals surface area contributed by atoms with Crippen molar-refractivity contribution in [1.82, 2.24) is 14.8 Å². The van der Waals surface area contributed by atoms with Gasteiger partial charge in [0.15, 0.2) is 0 Å². The standard InChI is InChI=1S/C15H26N4/c1-15(2)11-18(3)14(8-16)10-19(12-15)9-13-6-4-5-7-17-13/h4-7,14H,8-12,16H2,1-3H3. The Bertz CT molecular complexity index is 390. The zero-order valence-corrected chi connectivity index (χ0v) is 12.3. The van der Waals surface area contributed by atoms with Crippen molar-refractivity contribution in [2.45, 2.75) is 26.4 Å². The number of likely N-dealkylation sites (N-methyl/N-ethyl adjacent to an activating group) is 1. The van der Waals surface area contributed by atoms with Gasteiger partial charge in [0.2, 0.25) is 0 Å². The van der Waals surface area contributed by atoms with Crippen LogP contribution in [-0.2, 0) is 6.54 Å². The molecular weight excluding hydrogens is 236 g/mol. The molecule has 0 radical (unpaired) electrons. The number of pyridine rings is 1. The molecule has 2 N–H and O–H groups in total. The molecule has 2 heterocycles. The molecule has 2 rings (SSSR count). The molecule has 106 valence electrons. The maximum Gasteiger partial charge on any atom is 0.0543 e. The number of aromatic nitrogens is 1. The lowest BCUT2D eigenvalue weighted by Gasteiger charge is -2.30. The van der Waals surface area contributed by atoms with Crippen molar-refractivity contribution >= 4 is 0 Å². The lowest BCUT2D eigenvalue weighted by molar-refractivity contribution is 0.188. The molecule has 0 spiro atoms. The molecule has 1 fully saturated rings. The van der Waals surface area contributed by atoms with E-state index in [1.54, 1.807) is 0 Å². The highest BCUT2D eigenvalue weighted by atomic mass is 15.2. The largest absolute Gasteiger partial charge is 0.329 e. The van der Waals surface area contributed by atoms with Gasteiger partial charge in [-0.1, -0.05) is 19.9 Å². The molecule has 4 heteroatoms. The molecule has 19 heavy (non-hydrogen) atoms. The lowest BCUT2D eigenvalue weighted by Crippen LogP contribution is -2.44. The molecule has 0 amide bonds. The van der Waals surface area contributed by atoms with Crippen LogP contribution in [0.3, 0.4) is 0 Å². The minimum atomic E-state index is 0.285. The normalized spacial score (nSPS) is 25.2. The van der Waals surface area contributed by atoms with Crippen LogP contribution in [0.4, 0.5) is 0 Å². The maximum atomic E-state index is 5.92. The van der Waals surface area contributed by atoms with E-state index in [4.69, 9.17) is 5.73 Å². The van der Waals surface area contributed by atoms with E-state index >= 15 is 0 Å². The summed E-state index contributed by atoms with van der Waals surface area (Å²) >= 11 is 0. The number of hydrogen-bond donors (Lipinski definition) is 1. The first-order chi connectivity index (χ1) is 9.00. The van der Waals surface area contributed by atoms with Crippen LogP contribution in [0.2, 0.25) is 0 Å². The molecule has 1 unspecified atom stereocenters. The average molecular weight is 262 g/mol. The first-order valence-electron chi connectivity index (χ1n) is 7.03. The van der Waals surface area contributed by atoms with E-state index in [-0.39, 0.29) is 5.41 Å². The third-order valence-corrected chi connectivity index (χ3v) is 3.81. The topological polar surface area (TPSA) is 45.4 Å². The summed E-state index contributed by atoms with van der Waals surface area (Å²) in [6.45, 7) is 9.48. The van der Waals surface area contributed by atoms with E-state index in [1.165, 1.54) is 0 Å². The van der Waals surface area contributed by atoms with Gasteiger partial charge in [0.1, 0.15) is 0 Å². The molecule has 1 aromatic rings. The molecule has 1 atom stereocenters. The van der Waals surface area contributed by atoms with Gasteiger partial charge >= 0.3 is 0 Å². The summed E-state index contributed by atoms with van der Waals surface area (Å²) in [5.74, 6) is 0. The van der Waals surface area contributed by atoms with E-state index in [0.717, 1.165) is 31.9 Å². The van der Waals surface area contributed by atoms with Gasteiger partial charge in [-0.3, -0.25) is 9.88 Å². The second-order valence-electron chi connectivity index (χ2n) is 6.46. The fraction of sp³-hybridized carbons (Fsp3) is 0.667. The number of nitrogens with two attached hydrogens (primary N) is 1. The Hall–Kier alpha value is -0.970. The zero-order valence-electron chi connectivity index (χ0n) is 12.3. The molecule has 4 nitrogen and oxygen atoms in total. The monoisotopic (exact) mass is 262 g/mol. The van der Waals surface area contributed by atoms with Crippen molar-refractivity contribution in [3.05, 3.63) is 30.1 Å². The maximum absolute atomic E-state index is 5.92. The molecular formula is C15H26N4. The Morgan fingerprint density at radius 3 is 2.79 bits per heavy atom. The van der Waals surface area contributed by atoms with Crippen molar-refractivity contribution in [3.8, 4) is 0 Å². The third kappa shape index (κ3) is 4.00. The SMILES string of the molecule is CN1CC(C)(C)CN(Cc2ccccn2)CC1CN. The minimum absolute atomic E-state index is 0.285. The van der Waals surface area contributed by atoms with Crippen LogP contribution in [-0.4, -0.2) is 54.1 Å². The van der Waals surface area contributed by atoms with Crippen molar-refractivity contribution < 1.29 is 0 Å². The first kappa shape index (κ1) is 14.4. The molecule has 0 saturated carbocycles. The fourth-order valence-corrected chi connectivity index (χ4v) is 3.06. The van der Waals surface area contributed by atoms with Crippen molar-refractivity contribution in [1.29, 1.82) is 0 Å². The minimum Gasteiger partial charge on any atom is -0.329 e. The van der Waals surface area contributed by atoms with E-state index < -0.39 is 0 Å². The molecule has 1 aliphatic heterocycles. The lowest BCUT2D eigenvalue weighted by atomic mass is 9.92. The summed E-state index contributed by atoms with van der Waals surface area (Å²) in [4.78, 5) is 9.33. The second-order valence-corrected chi connectivity index (χ2v) is 6.46. The Morgan fingerprint density at radius 1 is 1.37 bits per heavy atom. The molecule has 1 aliphatic rings. The van der Waals surface area contributed by atoms with Gasteiger partial charge in [-0.15, -0.1) is 0 Å². The fourth-order valence-electron chi connectivity index (χ4n) is 3.06. The Kier molecular flexibility index (Phi) is 4.55. The van der Waals surface area contributed by atoms with E-state index in [1.807, 2.05) is 12.3 Å². The molecule has 0 bridgehead atoms. The predicted octanol–water partition coefficient (Wildman–Crippen LogP) is 1.18. The van der Waals surface area contributed by atoms with Crippen LogP contribution in [0, 0.1) is 5.41 Å². The van der Waals surface area contributed by atoms with Gasteiger partial charge in [0.05, 0.1) is 5.69 Å². The number of hydrogen-bond acceptors (Lipinski definition) is 4. The Balaban J connectivity index is 2.10. The molecule has 1 aromatic heterocycles. The highest BCUT2D eigenvalue weighted by Crippen LogP contribution is 2.24. The summed E-state index contributed by atoms with van der Waals surface area (Å²) in [6.07, 6.45) is 1.87. The van der Waals surface area contributed by atoms with Gasteiger partial charge < -0.3 is 10.6 Å². The summed E-state index contributed by atoms with van der Waals surface area (Å²) in [5.41, 5.74) is 7.35. The van der Waals surface area contributed by atoms with E-state index in [0.29, 0.717) is 12.6 Å². The highest BCUT2D eigenvalue weighted by Gasteiger charge is 2.31. The first-order valence-corrected chi connectivity index (χ1v) is 7.03. The summed E-state index contributed by atoms with van der Waals surface area (Å²) in [7, 11) is 2.18. The number of nitrogens with zero attached hydrogens (tertiary/aromatic N) is 3. The second kappa shape index (κ2) is 5.99. The van der Waals surface area contributed by atoms with Gasteiger partial charge in [-0.05, 0) is 24.6 Å². The van der Waals surface area contributed by atoms with Crippen molar-refractivity contribution in [2.75, 3.05) is 33.2 Å². The van der Waals surface area contributed by atoms with Gasteiger partial charge in [-0.25, -0.2) is 0 Å². The average Bonchev–Trinajstić information content (AvgIpc) is 2.45. The Morgan fingerprint density at radius 2 is 2.16 bits per heavy atom. The number of rotatable bonds is 3. The van der Waals surface area contributed by atoms with Crippen LogP contribution in [0.1, 0.15) is 19.5 Å². The van der Waals surface area contributed by atoms with Crippen LogP contribution in [0.25, 0.3) is 0 Å². The van der Waals surface area contributed by atoms with Gasteiger partial charge in [0, 0.05) is 45.0 Å². The van der Waals surface area contributed by atoms with Crippen molar-refractivity contribution in [3.63, 3.8) is 0 Å². The van der Waals surface area contributed by atoms with Crippen molar-refractivity contribution in [2.24, 2.45) is 11.1 Å². The summed E-state index contributed by atoms with van der Waals surface area (Å²) in [5, 5.41) is 0. The van der Waals surface area contributed by atoms with Crippen LogP contribution < -0.4 is 5.73 Å². The van der Waals surface area contributed by atoms with Crippen LogP contribution in [0.5, 0.6) is 0 Å². The summed E-state index contributed by atoms with van der Waals surface area (Å²) in [6, 6.07) is 6.55. The quantitative estimate of drug-likeness (QED) is 0.888. The third-order valence-electron chi connectivity index (χ3n) is 3.81. The van der Waals surface area contributed by atoms with E-state index in [9.17, 15) is 0 Å². The molecule has 0 aliphatic carbocycles. The zero-order chi connectivity index (χ0) is 13.9. The van der Waals surface area contributed by atoms with E-state index in [2.05, 4.69) is 47.8 Å². The molecule has 1 saturated heterocycles. The predicted molar refractivity (Wildman–Crippen MR) is 78.8 cm³/mol. The Labute approximate surface area is 116 Å². The summed E-state index contributed by atoms with van der Waals surface area (Å²) < 4.78 is 0.